The standard InChI is InChI=1S/C16H22N2/c1-13-8-9-14(2)16(10-13,12-17)18-11-15-6-4-3-5-7-15/h3-7,13-14,18H,8-11H2,1-2H3. The first-order valence-corrected chi connectivity index (χ1v) is 6.86. The summed E-state index contributed by atoms with van der Waals surface area (Å²) in [5.41, 5.74) is 0.908. The van der Waals surface area contributed by atoms with Gasteiger partial charge in [-0.2, -0.15) is 5.26 Å². The summed E-state index contributed by atoms with van der Waals surface area (Å²) in [5.74, 6) is 1.08. The van der Waals surface area contributed by atoms with E-state index in [2.05, 4.69) is 37.4 Å². The molecule has 0 amide bonds. The molecule has 0 heterocycles. The lowest BCUT2D eigenvalue weighted by molar-refractivity contribution is 0.168. The van der Waals surface area contributed by atoms with E-state index >= 15 is 0 Å². The fourth-order valence-corrected chi connectivity index (χ4v) is 2.93. The zero-order valence-corrected chi connectivity index (χ0v) is 11.3. The minimum absolute atomic E-state index is 0.340. The van der Waals surface area contributed by atoms with E-state index in [1.165, 1.54) is 12.0 Å². The Morgan fingerprint density at radius 1 is 1.28 bits per heavy atom. The van der Waals surface area contributed by atoms with E-state index in [1.807, 2.05) is 18.2 Å². The molecule has 0 saturated heterocycles. The fraction of sp³-hybridized carbons (Fsp3) is 0.562. The van der Waals surface area contributed by atoms with Crippen LogP contribution in [0.25, 0.3) is 0 Å². The van der Waals surface area contributed by atoms with Crippen LogP contribution in [0.3, 0.4) is 0 Å². The van der Waals surface area contributed by atoms with Gasteiger partial charge in [-0.15, -0.1) is 0 Å². The molecule has 2 nitrogen and oxygen atoms in total. The number of hydrogen-bond acceptors (Lipinski definition) is 2. The van der Waals surface area contributed by atoms with E-state index in [0.29, 0.717) is 11.8 Å². The molecule has 18 heavy (non-hydrogen) atoms. The van der Waals surface area contributed by atoms with Crippen LogP contribution < -0.4 is 5.32 Å². The molecule has 1 saturated carbocycles. The Kier molecular flexibility index (Phi) is 4.04. The van der Waals surface area contributed by atoms with Crippen LogP contribution in [-0.4, -0.2) is 5.54 Å². The summed E-state index contributed by atoms with van der Waals surface area (Å²) in [6, 6.07) is 12.9. The molecule has 0 aromatic heterocycles. The van der Waals surface area contributed by atoms with Crippen molar-refractivity contribution in [1.82, 2.24) is 5.32 Å². The van der Waals surface area contributed by atoms with Gasteiger partial charge in [-0.25, -0.2) is 0 Å². The topological polar surface area (TPSA) is 35.8 Å². The molecule has 3 atom stereocenters. The largest absolute Gasteiger partial charge is 0.295 e. The van der Waals surface area contributed by atoms with Gasteiger partial charge < -0.3 is 0 Å². The highest BCUT2D eigenvalue weighted by Crippen LogP contribution is 2.36. The highest BCUT2D eigenvalue weighted by atomic mass is 15.0. The van der Waals surface area contributed by atoms with Gasteiger partial charge in [0.1, 0.15) is 5.54 Å². The van der Waals surface area contributed by atoms with Crippen LogP contribution in [0.1, 0.15) is 38.7 Å². The van der Waals surface area contributed by atoms with Gasteiger partial charge in [-0.1, -0.05) is 50.6 Å². The monoisotopic (exact) mass is 242 g/mol. The second-order valence-electron chi connectivity index (χ2n) is 5.71. The molecule has 3 unspecified atom stereocenters. The van der Waals surface area contributed by atoms with Gasteiger partial charge in [0.2, 0.25) is 0 Å². The van der Waals surface area contributed by atoms with Crippen LogP contribution in [-0.2, 0) is 6.54 Å². The maximum atomic E-state index is 9.60. The van der Waals surface area contributed by atoms with Crippen LogP contribution >= 0.6 is 0 Å². The van der Waals surface area contributed by atoms with Crippen LogP contribution in [0.5, 0.6) is 0 Å². The second-order valence-corrected chi connectivity index (χ2v) is 5.71. The lowest BCUT2D eigenvalue weighted by Crippen LogP contribution is -2.52. The minimum Gasteiger partial charge on any atom is -0.295 e. The highest BCUT2D eigenvalue weighted by Gasteiger charge is 2.40. The molecule has 2 rings (SSSR count). The third-order valence-electron chi connectivity index (χ3n) is 4.25. The minimum atomic E-state index is -0.340. The Balaban J connectivity index is 2.06. The van der Waals surface area contributed by atoms with Crippen LogP contribution in [0, 0.1) is 23.2 Å². The maximum absolute atomic E-state index is 9.60. The van der Waals surface area contributed by atoms with Gasteiger partial charge in [0.05, 0.1) is 6.07 Å². The summed E-state index contributed by atoms with van der Waals surface area (Å²) in [5, 5.41) is 13.1. The molecule has 1 aliphatic carbocycles. The van der Waals surface area contributed by atoms with Gasteiger partial charge in [0.15, 0.2) is 0 Å². The highest BCUT2D eigenvalue weighted by molar-refractivity contribution is 5.18. The molecular weight excluding hydrogens is 220 g/mol. The average molecular weight is 242 g/mol. The first-order valence-electron chi connectivity index (χ1n) is 6.86. The molecule has 0 spiro atoms. The summed E-state index contributed by atoms with van der Waals surface area (Å²) in [6.45, 7) is 5.24. The van der Waals surface area contributed by atoms with Gasteiger partial charge >= 0.3 is 0 Å². The van der Waals surface area contributed by atoms with E-state index in [1.54, 1.807) is 0 Å². The Hall–Kier alpha value is -1.33. The van der Waals surface area contributed by atoms with E-state index in [4.69, 9.17) is 0 Å². The SMILES string of the molecule is CC1CCC(C)C(C#N)(NCc2ccccc2)C1. The Morgan fingerprint density at radius 2 is 2.00 bits per heavy atom. The molecule has 2 heteroatoms. The summed E-state index contributed by atoms with van der Waals surface area (Å²) in [7, 11) is 0. The van der Waals surface area contributed by atoms with Crippen molar-refractivity contribution in [2.45, 2.75) is 45.2 Å². The first-order chi connectivity index (χ1) is 8.66. The van der Waals surface area contributed by atoms with Crippen molar-refractivity contribution in [2.75, 3.05) is 0 Å². The number of nitriles is 1. The molecule has 1 N–H and O–H groups in total. The number of hydrogen-bond donors (Lipinski definition) is 1. The number of rotatable bonds is 3. The van der Waals surface area contributed by atoms with E-state index < -0.39 is 0 Å². The van der Waals surface area contributed by atoms with Crippen LogP contribution in [0.15, 0.2) is 30.3 Å². The molecule has 1 fully saturated rings. The Morgan fingerprint density at radius 3 is 2.67 bits per heavy atom. The summed E-state index contributed by atoms with van der Waals surface area (Å²) < 4.78 is 0. The number of nitrogens with zero attached hydrogens (tertiary/aromatic N) is 1. The van der Waals surface area contributed by atoms with Crippen molar-refractivity contribution in [1.29, 1.82) is 5.26 Å². The normalized spacial score (nSPS) is 31.8. The van der Waals surface area contributed by atoms with E-state index in [9.17, 15) is 5.26 Å². The van der Waals surface area contributed by atoms with Crippen molar-refractivity contribution < 1.29 is 0 Å². The van der Waals surface area contributed by atoms with Crippen LogP contribution in [0.4, 0.5) is 0 Å². The molecular formula is C16H22N2. The van der Waals surface area contributed by atoms with Crippen molar-refractivity contribution in [3.05, 3.63) is 35.9 Å². The zero-order valence-electron chi connectivity index (χ0n) is 11.3. The van der Waals surface area contributed by atoms with Gasteiger partial charge in [-0.3, -0.25) is 5.32 Å². The summed E-state index contributed by atoms with van der Waals surface area (Å²) >= 11 is 0. The summed E-state index contributed by atoms with van der Waals surface area (Å²) in [4.78, 5) is 0. The van der Waals surface area contributed by atoms with Crippen molar-refractivity contribution in [3.8, 4) is 6.07 Å². The average Bonchev–Trinajstić information content (AvgIpc) is 2.41. The third-order valence-corrected chi connectivity index (χ3v) is 4.25. The smallest absolute Gasteiger partial charge is 0.109 e. The lowest BCUT2D eigenvalue weighted by atomic mass is 9.70. The van der Waals surface area contributed by atoms with Gasteiger partial charge in [0, 0.05) is 6.54 Å². The Bertz CT molecular complexity index is 420. The van der Waals surface area contributed by atoms with E-state index in [-0.39, 0.29) is 5.54 Å². The second kappa shape index (κ2) is 5.54. The molecule has 1 aromatic carbocycles. The number of nitrogens with one attached hydrogen (secondary N) is 1. The van der Waals surface area contributed by atoms with Crippen LogP contribution in [0.2, 0.25) is 0 Å². The van der Waals surface area contributed by atoms with Gasteiger partial charge in [0.25, 0.3) is 0 Å². The van der Waals surface area contributed by atoms with Gasteiger partial charge in [-0.05, 0) is 30.2 Å². The molecule has 0 bridgehead atoms. The van der Waals surface area contributed by atoms with Crippen molar-refractivity contribution >= 4 is 0 Å². The molecule has 0 aliphatic heterocycles. The first kappa shape index (κ1) is 13.1. The quantitative estimate of drug-likeness (QED) is 0.880. The third kappa shape index (κ3) is 2.73. The lowest BCUT2D eigenvalue weighted by Gasteiger charge is -2.40. The summed E-state index contributed by atoms with van der Waals surface area (Å²) in [6.07, 6.45) is 3.37. The molecule has 1 aromatic rings. The predicted octanol–water partition coefficient (Wildman–Crippen LogP) is 3.49. The molecule has 0 radical (unpaired) electrons. The molecule has 1 aliphatic rings. The maximum Gasteiger partial charge on any atom is 0.109 e. The van der Waals surface area contributed by atoms with Crippen molar-refractivity contribution in [3.63, 3.8) is 0 Å². The molecule has 96 valence electrons. The fourth-order valence-electron chi connectivity index (χ4n) is 2.93. The zero-order chi connectivity index (χ0) is 13.0. The van der Waals surface area contributed by atoms with Crippen molar-refractivity contribution in [2.24, 2.45) is 11.8 Å². The Labute approximate surface area is 110 Å². The number of benzene rings is 1. The predicted molar refractivity (Wildman–Crippen MR) is 73.8 cm³/mol. The van der Waals surface area contributed by atoms with E-state index in [0.717, 1.165) is 19.4 Å².